The summed E-state index contributed by atoms with van der Waals surface area (Å²) in [6.45, 7) is 1.95. The van der Waals surface area contributed by atoms with Crippen LogP contribution in [0.3, 0.4) is 0 Å². The molecule has 1 saturated heterocycles. The number of β-amino-alcohol motifs (C(OH)–C–C–N with tert-alkyl or cyclic N) is 1. The van der Waals surface area contributed by atoms with E-state index in [1.54, 1.807) is 31.1 Å². The van der Waals surface area contributed by atoms with Gasteiger partial charge >= 0.3 is 0 Å². The second-order valence-electron chi connectivity index (χ2n) is 6.08. The highest BCUT2D eigenvalue weighted by molar-refractivity contribution is 5.93. The van der Waals surface area contributed by atoms with Crippen molar-refractivity contribution in [2.24, 2.45) is 0 Å². The molecule has 6 heteroatoms. The molecule has 3 rings (SSSR count). The van der Waals surface area contributed by atoms with Gasteiger partial charge in [-0.25, -0.2) is 4.98 Å². The molecule has 25 heavy (non-hydrogen) atoms. The zero-order chi connectivity index (χ0) is 18.0. The second-order valence-corrected chi connectivity index (χ2v) is 6.08. The highest BCUT2D eigenvalue weighted by atomic mass is 16.5. The number of benzene rings is 1. The number of hydrogen-bond donors (Lipinski definition) is 1. The molecule has 2 atom stereocenters. The zero-order valence-electron chi connectivity index (χ0n) is 14.1. The summed E-state index contributed by atoms with van der Waals surface area (Å²) in [5.74, 6) is 0.454. The van der Waals surface area contributed by atoms with E-state index in [1.807, 2.05) is 30.3 Å². The van der Waals surface area contributed by atoms with Crippen molar-refractivity contribution in [2.45, 2.75) is 25.5 Å². The van der Waals surface area contributed by atoms with Crippen molar-refractivity contribution in [3.05, 3.63) is 58.9 Å². The first kappa shape index (κ1) is 16.9. The van der Waals surface area contributed by atoms with Crippen molar-refractivity contribution in [1.29, 1.82) is 5.26 Å². The van der Waals surface area contributed by atoms with Crippen LogP contribution in [0.15, 0.2) is 36.4 Å². The van der Waals surface area contributed by atoms with Crippen molar-refractivity contribution < 1.29 is 14.6 Å². The van der Waals surface area contributed by atoms with Gasteiger partial charge in [-0.15, -0.1) is 0 Å². The number of ether oxygens (including phenoxy) is 1. The van der Waals surface area contributed by atoms with Crippen molar-refractivity contribution in [1.82, 2.24) is 9.88 Å². The van der Waals surface area contributed by atoms with Crippen LogP contribution < -0.4 is 4.74 Å². The molecule has 1 aliphatic heterocycles. The van der Waals surface area contributed by atoms with Crippen LogP contribution in [-0.4, -0.2) is 40.7 Å². The Morgan fingerprint density at radius 3 is 2.88 bits per heavy atom. The largest absolute Gasteiger partial charge is 0.497 e. The lowest BCUT2D eigenvalue weighted by atomic mass is 10.0. The Morgan fingerprint density at radius 1 is 1.40 bits per heavy atom. The fraction of sp³-hybridized carbons (Fsp3) is 0.316. The lowest BCUT2D eigenvalue weighted by Crippen LogP contribution is -2.32. The molecule has 1 N–H and O–H groups in total. The molecule has 1 amide bonds. The molecule has 0 spiro atoms. The van der Waals surface area contributed by atoms with E-state index in [0.717, 1.165) is 5.56 Å². The Morgan fingerprint density at radius 2 is 2.20 bits per heavy atom. The van der Waals surface area contributed by atoms with E-state index in [0.29, 0.717) is 23.4 Å². The summed E-state index contributed by atoms with van der Waals surface area (Å²) >= 11 is 0. The fourth-order valence-electron chi connectivity index (χ4n) is 3.15. The summed E-state index contributed by atoms with van der Waals surface area (Å²) in [7, 11) is 1.59. The summed E-state index contributed by atoms with van der Waals surface area (Å²) in [4.78, 5) is 18.8. The maximum Gasteiger partial charge on any atom is 0.273 e. The van der Waals surface area contributed by atoms with Crippen LogP contribution in [-0.2, 0) is 0 Å². The topological polar surface area (TPSA) is 86.5 Å². The number of nitriles is 1. The van der Waals surface area contributed by atoms with Gasteiger partial charge in [-0.2, -0.15) is 5.26 Å². The van der Waals surface area contributed by atoms with Gasteiger partial charge in [-0.1, -0.05) is 12.1 Å². The number of nitrogens with zero attached hydrogens (tertiary/aromatic N) is 3. The first-order chi connectivity index (χ1) is 12.0. The van der Waals surface area contributed by atoms with Gasteiger partial charge in [0, 0.05) is 6.54 Å². The van der Waals surface area contributed by atoms with Gasteiger partial charge in [-0.3, -0.25) is 4.79 Å². The lowest BCUT2D eigenvalue weighted by molar-refractivity contribution is 0.0709. The van der Waals surface area contributed by atoms with E-state index < -0.39 is 6.10 Å². The van der Waals surface area contributed by atoms with Crippen molar-refractivity contribution in [3.63, 3.8) is 0 Å². The third-order valence-corrected chi connectivity index (χ3v) is 4.44. The van der Waals surface area contributed by atoms with Crippen molar-refractivity contribution in [3.8, 4) is 11.8 Å². The zero-order valence-corrected chi connectivity index (χ0v) is 14.1. The number of aromatic nitrogens is 1. The predicted molar refractivity (Wildman–Crippen MR) is 91.1 cm³/mol. The number of aryl methyl sites for hydroxylation is 1. The van der Waals surface area contributed by atoms with Gasteiger partial charge in [0.1, 0.15) is 17.5 Å². The van der Waals surface area contributed by atoms with Crippen LogP contribution in [0.1, 0.15) is 39.8 Å². The van der Waals surface area contributed by atoms with E-state index in [4.69, 9.17) is 10.00 Å². The molecule has 6 nitrogen and oxygen atoms in total. The Kier molecular flexibility index (Phi) is 4.68. The van der Waals surface area contributed by atoms with Gasteiger partial charge in [0.15, 0.2) is 0 Å². The average Bonchev–Trinajstić information content (AvgIpc) is 3.02. The molecule has 2 heterocycles. The Hall–Kier alpha value is -2.91. The molecule has 1 fully saturated rings. The van der Waals surface area contributed by atoms with Crippen LogP contribution in [0.25, 0.3) is 0 Å². The molecule has 2 unspecified atom stereocenters. The van der Waals surface area contributed by atoms with Crippen LogP contribution >= 0.6 is 0 Å². The summed E-state index contributed by atoms with van der Waals surface area (Å²) in [5.41, 5.74) is 2.15. The molecular formula is C19H19N3O3. The van der Waals surface area contributed by atoms with Crippen LogP contribution in [0.2, 0.25) is 0 Å². The number of aliphatic hydroxyl groups is 1. The Bertz CT molecular complexity index is 844. The van der Waals surface area contributed by atoms with Gasteiger partial charge in [0.05, 0.1) is 30.5 Å². The molecule has 0 aliphatic carbocycles. The summed E-state index contributed by atoms with van der Waals surface area (Å²) in [6, 6.07) is 12.5. The lowest BCUT2D eigenvalue weighted by Gasteiger charge is -2.25. The van der Waals surface area contributed by atoms with Gasteiger partial charge in [0.2, 0.25) is 0 Å². The number of hydrogen-bond acceptors (Lipinski definition) is 5. The molecule has 0 saturated carbocycles. The predicted octanol–water partition coefficient (Wildman–Crippen LogP) is 2.22. The number of carbonyl (C=O) groups is 1. The third-order valence-electron chi connectivity index (χ3n) is 4.44. The fourth-order valence-corrected chi connectivity index (χ4v) is 3.15. The molecular weight excluding hydrogens is 318 g/mol. The number of likely N-dealkylation sites (tertiary alicyclic amines) is 1. The van der Waals surface area contributed by atoms with E-state index >= 15 is 0 Å². The van der Waals surface area contributed by atoms with Crippen molar-refractivity contribution >= 4 is 5.91 Å². The number of pyridine rings is 1. The molecule has 128 valence electrons. The average molecular weight is 337 g/mol. The van der Waals surface area contributed by atoms with E-state index in [9.17, 15) is 9.90 Å². The van der Waals surface area contributed by atoms with E-state index in [-0.39, 0.29) is 24.2 Å². The maximum absolute atomic E-state index is 12.9. The highest BCUT2D eigenvalue weighted by Crippen LogP contribution is 2.34. The maximum atomic E-state index is 12.9. The number of carbonyl (C=O) groups excluding carboxylic acids is 1. The minimum Gasteiger partial charge on any atom is -0.497 e. The van der Waals surface area contributed by atoms with E-state index in [1.165, 1.54) is 0 Å². The first-order valence-corrected chi connectivity index (χ1v) is 8.04. The van der Waals surface area contributed by atoms with Gasteiger partial charge < -0.3 is 14.7 Å². The molecule has 0 bridgehead atoms. The summed E-state index contributed by atoms with van der Waals surface area (Å²) in [5, 5.41) is 19.1. The van der Waals surface area contributed by atoms with Crippen LogP contribution in [0.5, 0.6) is 5.75 Å². The molecule has 0 radical (unpaired) electrons. The van der Waals surface area contributed by atoms with E-state index in [2.05, 4.69) is 4.98 Å². The number of methoxy groups -OCH3 is 1. The number of rotatable bonds is 3. The van der Waals surface area contributed by atoms with Crippen molar-refractivity contribution in [2.75, 3.05) is 13.7 Å². The standard InChI is InChI=1S/C19H19N3O3/c1-12-14(10-20)6-7-17(21-12)19(24)22-11-15(23)9-18(22)13-4-3-5-16(8-13)25-2/h3-8,15,18,23H,9,11H2,1-2H3. The van der Waals surface area contributed by atoms with Crippen LogP contribution in [0, 0.1) is 18.3 Å². The minimum atomic E-state index is -0.584. The normalized spacial score (nSPS) is 19.5. The smallest absolute Gasteiger partial charge is 0.273 e. The molecule has 1 aromatic heterocycles. The highest BCUT2D eigenvalue weighted by Gasteiger charge is 2.36. The summed E-state index contributed by atoms with van der Waals surface area (Å²) in [6.07, 6.45) is -0.117. The van der Waals surface area contributed by atoms with Gasteiger partial charge in [-0.05, 0) is 43.2 Å². The Labute approximate surface area is 146 Å². The molecule has 1 aromatic carbocycles. The van der Waals surface area contributed by atoms with Gasteiger partial charge in [0.25, 0.3) is 5.91 Å². The monoisotopic (exact) mass is 337 g/mol. The SMILES string of the molecule is COc1cccc(C2CC(O)CN2C(=O)c2ccc(C#N)c(C)n2)c1. The third kappa shape index (κ3) is 3.32. The number of aliphatic hydroxyl groups excluding tert-OH is 1. The second kappa shape index (κ2) is 6.91. The minimum absolute atomic E-state index is 0.240. The summed E-state index contributed by atoms with van der Waals surface area (Å²) < 4.78 is 5.25. The first-order valence-electron chi connectivity index (χ1n) is 8.04. The molecule has 2 aromatic rings. The number of amides is 1. The molecule has 1 aliphatic rings. The van der Waals surface area contributed by atoms with Crippen LogP contribution in [0.4, 0.5) is 0 Å². The Balaban J connectivity index is 1.92. The quantitative estimate of drug-likeness (QED) is 0.928.